The van der Waals surface area contributed by atoms with Crippen LogP contribution in [0, 0.1) is 0 Å². The SMILES string of the molecule is O=C(O)N1CCCC[C@H]1Cc1nc2cc(C(F)(F)F)ccn2c1Cl. The summed E-state index contributed by atoms with van der Waals surface area (Å²) in [5, 5.41) is 9.48. The molecule has 1 aliphatic rings. The lowest BCUT2D eigenvalue weighted by Gasteiger charge is -2.33. The van der Waals surface area contributed by atoms with Crippen molar-refractivity contribution >= 4 is 23.3 Å². The number of nitrogens with zero attached hydrogens (tertiary/aromatic N) is 3. The van der Waals surface area contributed by atoms with Gasteiger partial charge in [-0.25, -0.2) is 9.78 Å². The van der Waals surface area contributed by atoms with Crippen LogP contribution in [0.25, 0.3) is 5.65 Å². The molecule has 0 radical (unpaired) electrons. The molecule has 0 aliphatic carbocycles. The van der Waals surface area contributed by atoms with Crippen molar-refractivity contribution in [1.29, 1.82) is 0 Å². The van der Waals surface area contributed by atoms with Gasteiger partial charge in [-0.3, -0.25) is 4.40 Å². The smallest absolute Gasteiger partial charge is 0.416 e. The van der Waals surface area contributed by atoms with Crippen LogP contribution in [0.4, 0.5) is 18.0 Å². The number of aromatic nitrogens is 2. The largest absolute Gasteiger partial charge is 0.465 e. The highest BCUT2D eigenvalue weighted by Crippen LogP contribution is 2.31. The van der Waals surface area contributed by atoms with Crippen LogP contribution in [0.3, 0.4) is 0 Å². The van der Waals surface area contributed by atoms with Crippen molar-refractivity contribution in [2.75, 3.05) is 6.54 Å². The number of fused-ring (bicyclic) bond motifs is 1. The maximum Gasteiger partial charge on any atom is 0.416 e. The molecule has 0 unspecified atom stereocenters. The van der Waals surface area contributed by atoms with Gasteiger partial charge in [0.1, 0.15) is 10.8 Å². The van der Waals surface area contributed by atoms with Gasteiger partial charge in [0.2, 0.25) is 0 Å². The second kappa shape index (κ2) is 6.16. The van der Waals surface area contributed by atoms with Crippen LogP contribution in [0.5, 0.6) is 0 Å². The van der Waals surface area contributed by atoms with E-state index in [2.05, 4.69) is 4.98 Å². The van der Waals surface area contributed by atoms with Crippen LogP contribution in [0.1, 0.15) is 30.5 Å². The van der Waals surface area contributed by atoms with E-state index in [4.69, 9.17) is 11.6 Å². The lowest BCUT2D eigenvalue weighted by molar-refractivity contribution is -0.137. The molecule has 3 rings (SSSR count). The number of hydrogen-bond acceptors (Lipinski definition) is 2. The van der Waals surface area contributed by atoms with Gasteiger partial charge in [0.15, 0.2) is 0 Å². The number of halogens is 4. The highest BCUT2D eigenvalue weighted by Gasteiger charge is 2.32. The Bertz CT molecular complexity index is 775. The maximum atomic E-state index is 12.8. The molecule has 9 heteroatoms. The summed E-state index contributed by atoms with van der Waals surface area (Å²) in [6, 6.07) is 1.61. The van der Waals surface area contributed by atoms with E-state index in [-0.39, 0.29) is 23.3 Å². The number of hydrogen-bond donors (Lipinski definition) is 1. The number of rotatable bonds is 2. The zero-order valence-corrected chi connectivity index (χ0v) is 13.3. The van der Waals surface area contributed by atoms with Crippen LogP contribution >= 0.6 is 11.6 Å². The van der Waals surface area contributed by atoms with Crippen molar-refractivity contribution in [3.05, 3.63) is 34.7 Å². The fourth-order valence-electron chi connectivity index (χ4n) is 3.06. The summed E-state index contributed by atoms with van der Waals surface area (Å²) in [5.41, 5.74) is -0.287. The fourth-order valence-corrected chi connectivity index (χ4v) is 3.32. The third-order valence-corrected chi connectivity index (χ3v) is 4.66. The van der Waals surface area contributed by atoms with E-state index in [1.807, 2.05) is 0 Å². The van der Waals surface area contributed by atoms with Crippen LogP contribution in [0.2, 0.25) is 5.15 Å². The molecule has 1 atom stereocenters. The first-order valence-corrected chi connectivity index (χ1v) is 7.88. The van der Waals surface area contributed by atoms with Gasteiger partial charge < -0.3 is 10.0 Å². The lowest BCUT2D eigenvalue weighted by Crippen LogP contribution is -2.44. The molecule has 1 fully saturated rings. The Morgan fingerprint density at radius 3 is 2.83 bits per heavy atom. The molecular formula is C15H15ClF3N3O2. The quantitative estimate of drug-likeness (QED) is 0.876. The number of imidazole rings is 1. The van der Waals surface area contributed by atoms with Gasteiger partial charge in [0.25, 0.3) is 0 Å². The highest BCUT2D eigenvalue weighted by molar-refractivity contribution is 6.30. The molecule has 0 saturated carbocycles. The molecule has 1 amide bonds. The molecule has 3 heterocycles. The molecule has 0 spiro atoms. The molecule has 1 aliphatic heterocycles. The lowest BCUT2D eigenvalue weighted by atomic mass is 9.99. The zero-order chi connectivity index (χ0) is 17.5. The monoisotopic (exact) mass is 361 g/mol. The standard InChI is InChI=1S/C15H15ClF3N3O2/c16-13-11(8-10-3-1-2-5-21(10)14(23)24)20-12-7-9(15(17,18)19)4-6-22(12)13/h4,6-7,10H,1-3,5,8H2,(H,23,24)/t10-/m0/s1. The molecular weight excluding hydrogens is 347 g/mol. The van der Waals surface area contributed by atoms with E-state index in [1.165, 1.54) is 15.5 Å². The molecule has 2 aromatic heterocycles. The number of carboxylic acid groups (broad SMARTS) is 1. The number of likely N-dealkylation sites (tertiary alicyclic amines) is 1. The summed E-state index contributed by atoms with van der Waals surface area (Å²) in [7, 11) is 0. The molecule has 0 aromatic carbocycles. The summed E-state index contributed by atoms with van der Waals surface area (Å²) in [5.74, 6) is 0. The predicted octanol–water partition coefficient (Wildman–Crippen LogP) is 4.08. The average Bonchev–Trinajstić information content (AvgIpc) is 2.82. The first kappa shape index (κ1) is 16.9. The van der Waals surface area contributed by atoms with Crippen LogP contribution in [-0.4, -0.2) is 38.1 Å². The summed E-state index contributed by atoms with van der Waals surface area (Å²) in [4.78, 5) is 16.8. The first-order valence-electron chi connectivity index (χ1n) is 7.50. The van der Waals surface area contributed by atoms with Crippen molar-refractivity contribution in [3.8, 4) is 0 Å². The molecule has 5 nitrogen and oxygen atoms in total. The van der Waals surface area contributed by atoms with Gasteiger partial charge in [-0.05, 0) is 31.4 Å². The minimum Gasteiger partial charge on any atom is -0.465 e. The number of alkyl halides is 3. The van der Waals surface area contributed by atoms with Gasteiger partial charge >= 0.3 is 12.3 Å². The fraction of sp³-hybridized carbons (Fsp3) is 0.467. The van der Waals surface area contributed by atoms with Gasteiger partial charge in [-0.1, -0.05) is 11.6 Å². The second-order valence-corrected chi connectivity index (χ2v) is 6.18. The van der Waals surface area contributed by atoms with E-state index in [0.29, 0.717) is 18.7 Å². The van der Waals surface area contributed by atoms with Crippen molar-refractivity contribution in [2.45, 2.75) is 37.9 Å². The third kappa shape index (κ3) is 3.15. The summed E-state index contributed by atoms with van der Waals surface area (Å²) >= 11 is 6.22. The molecule has 0 bridgehead atoms. The van der Waals surface area contributed by atoms with Gasteiger partial charge in [-0.2, -0.15) is 13.2 Å². The van der Waals surface area contributed by atoms with E-state index < -0.39 is 17.8 Å². The van der Waals surface area contributed by atoms with Crippen molar-refractivity contribution in [1.82, 2.24) is 14.3 Å². The topological polar surface area (TPSA) is 57.8 Å². The normalized spacial score (nSPS) is 19.0. The van der Waals surface area contributed by atoms with Crippen molar-refractivity contribution in [2.24, 2.45) is 0 Å². The Morgan fingerprint density at radius 1 is 1.42 bits per heavy atom. The Kier molecular flexibility index (Phi) is 4.33. The van der Waals surface area contributed by atoms with Crippen molar-refractivity contribution in [3.63, 3.8) is 0 Å². The number of carbonyl (C=O) groups is 1. The van der Waals surface area contributed by atoms with Gasteiger partial charge in [0.05, 0.1) is 11.3 Å². The Labute approximate surface area is 140 Å². The number of pyridine rings is 1. The van der Waals surface area contributed by atoms with Gasteiger partial charge in [-0.15, -0.1) is 0 Å². The number of piperidine rings is 1. The molecule has 1 saturated heterocycles. The molecule has 130 valence electrons. The van der Waals surface area contributed by atoms with E-state index >= 15 is 0 Å². The summed E-state index contributed by atoms with van der Waals surface area (Å²) in [6.45, 7) is 0.448. The minimum absolute atomic E-state index is 0.0995. The van der Waals surface area contributed by atoms with Crippen LogP contribution in [-0.2, 0) is 12.6 Å². The Morgan fingerprint density at radius 2 is 2.17 bits per heavy atom. The third-order valence-electron chi connectivity index (χ3n) is 4.26. The predicted molar refractivity (Wildman–Crippen MR) is 81.3 cm³/mol. The number of amides is 1. The molecule has 1 N–H and O–H groups in total. The summed E-state index contributed by atoms with van der Waals surface area (Å²) < 4.78 is 39.8. The van der Waals surface area contributed by atoms with E-state index in [9.17, 15) is 23.1 Å². The van der Waals surface area contributed by atoms with E-state index in [1.54, 1.807) is 0 Å². The molecule has 2 aromatic rings. The summed E-state index contributed by atoms with van der Waals surface area (Å²) in [6.07, 6.45) is -1.55. The zero-order valence-electron chi connectivity index (χ0n) is 12.6. The molecule has 24 heavy (non-hydrogen) atoms. The average molecular weight is 362 g/mol. The first-order chi connectivity index (χ1) is 11.3. The van der Waals surface area contributed by atoms with Crippen LogP contribution in [0.15, 0.2) is 18.3 Å². The Balaban J connectivity index is 1.92. The van der Waals surface area contributed by atoms with Crippen LogP contribution < -0.4 is 0 Å². The van der Waals surface area contributed by atoms with Crippen molar-refractivity contribution < 1.29 is 23.1 Å². The minimum atomic E-state index is -4.45. The maximum absolute atomic E-state index is 12.8. The van der Waals surface area contributed by atoms with E-state index in [0.717, 1.165) is 25.0 Å². The highest BCUT2D eigenvalue weighted by atomic mass is 35.5. The second-order valence-electron chi connectivity index (χ2n) is 5.82. The Hall–Kier alpha value is -1.96. The van der Waals surface area contributed by atoms with Gasteiger partial charge in [0, 0.05) is 25.2 Å².